The third-order valence-electron chi connectivity index (χ3n) is 5.21. The van der Waals surface area contributed by atoms with Crippen molar-refractivity contribution in [3.63, 3.8) is 0 Å². The summed E-state index contributed by atoms with van der Waals surface area (Å²) in [5, 5.41) is 3.09. The monoisotopic (exact) mass is 471 g/mol. The van der Waals surface area contributed by atoms with E-state index >= 15 is 0 Å². The van der Waals surface area contributed by atoms with Gasteiger partial charge in [-0.2, -0.15) is 0 Å². The molecule has 1 aromatic heterocycles. The van der Waals surface area contributed by atoms with Crippen molar-refractivity contribution in [1.82, 2.24) is 9.97 Å². The average molecular weight is 472 g/mol. The van der Waals surface area contributed by atoms with E-state index in [9.17, 15) is 13.6 Å². The van der Waals surface area contributed by atoms with Gasteiger partial charge in [0.05, 0.1) is 18.6 Å². The summed E-state index contributed by atoms with van der Waals surface area (Å²) in [5.74, 6) is -0.251. The summed E-state index contributed by atoms with van der Waals surface area (Å²) in [6.45, 7) is 3.27. The molecule has 10 heteroatoms. The fourth-order valence-electron chi connectivity index (χ4n) is 3.50. The smallest absolute Gasteiger partial charge is 0.234 e. The maximum atomic E-state index is 13.7. The van der Waals surface area contributed by atoms with Crippen LogP contribution in [0.25, 0.3) is 0 Å². The minimum atomic E-state index is -0.814. The van der Waals surface area contributed by atoms with E-state index in [0.29, 0.717) is 5.03 Å². The van der Waals surface area contributed by atoms with Crippen LogP contribution >= 0.6 is 11.8 Å². The maximum Gasteiger partial charge on any atom is 0.234 e. The van der Waals surface area contributed by atoms with Gasteiger partial charge in [-0.25, -0.2) is 18.7 Å². The number of anilines is 3. The lowest BCUT2D eigenvalue weighted by molar-refractivity contribution is -0.113. The van der Waals surface area contributed by atoms with E-state index in [-0.39, 0.29) is 11.4 Å². The van der Waals surface area contributed by atoms with E-state index in [1.807, 2.05) is 24.3 Å². The zero-order chi connectivity index (χ0) is 23.2. The number of piperazine rings is 1. The van der Waals surface area contributed by atoms with Crippen LogP contribution in [0.1, 0.15) is 0 Å². The molecule has 4 rings (SSSR count). The number of nitrogens with one attached hydrogen (secondary N) is 1. The number of halogens is 2. The summed E-state index contributed by atoms with van der Waals surface area (Å²) in [6.07, 6.45) is 1.48. The number of hydrogen-bond acceptors (Lipinski definition) is 7. The maximum absolute atomic E-state index is 13.7. The number of hydrogen-bond donors (Lipinski definition) is 1. The van der Waals surface area contributed by atoms with Gasteiger partial charge in [0.25, 0.3) is 0 Å². The first kappa shape index (κ1) is 22.8. The highest BCUT2D eigenvalue weighted by atomic mass is 32.2. The SMILES string of the molecule is COc1cccc(N2CCN(c3cc(SCC(=O)Nc4ccc(F)cc4F)ncn3)CC2)c1. The summed E-state index contributed by atoms with van der Waals surface area (Å²) in [6, 6.07) is 12.9. The van der Waals surface area contributed by atoms with Crippen LogP contribution in [0.3, 0.4) is 0 Å². The molecule has 3 aromatic rings. The fourth-order valence-corrected chi connectivity index (χ4v) is 4.16. The fraction of sp³-hybridized carbons (Fsp3) is 0.261. The van der Waals surface area contributed by atoms with Gasteiger partial charge in [-0.3, -0.25) is 4.79 Å². The Bertz CT molecular complexity index is 1130. The summed E-state index contributed by atoms with van der Waals surface area (Å²) < 4.78 is 32.0. The quantitative estimate of drug-likeness (QED) is 0.415. The Hall–Kier alpha value is -3.40. The second-order valence-electron chi connectivity index (χ2n) is 7.35. The Balaban J connectivity index is 1.31. The topological polar surface area (TPSA) is 70.6 Å². The summed E-state index contributed by atoms with van der Waals surface area (Å²) in [7, 11) is 1.66. The van der Waals surface area contributed by atoms with Crippen LogP contribution in [0, 0.1) is 11.6 Å². The highest BCUT2D eigenvalue weighted by Gasteiger charge is 2.19. The molecular formula is C23H23F2N5O2S. The summed E-state index contributed by atoms with van der Waals surface area (Å²) in [5.41, 5.74) is 1.07. The Labute approximate surface area is 194 Å². The van der Waals surface area contributed by atoms with Crippen LogP contribution in [0.2, 0.25) is 0 Å². The van der Waals surface area contributed by atoms with Gasteiger partial charge < -0.3 is 19.9 Å². The van der Waals surface area contributed by atoms with E-state index in [1.165, 1.54) is 24.2 Å². The summed E-state index contributed by atoms with van der Waals surface area (Å²) in [4.78, 5) is 25.2. The molecule has 1 aliphatic rings. The van der Waals surface area contributed by atoms with Crippen molar-refractivity contribution in [3.05, 3.63) is 66.5 Å². The van der Waals surface area contributed by atoms with Crippen LogP contribution < -0.4 is 19.9 Å². The lowest BCUT2D eigenvalue weighted by Crippen LogP contribution is -2.46. The second-order valence-corrected chi connectivity index (χ2v) is 8.35. The molecule has 33 heavy (non-hydrogen) atoms. The molecule has 1 saturated heterocycles. The predicted octanol–water partition coefficient (Wildman–Crippen LogP) is 3.82. The molecular weight excluding hydrogens is 448 g/mol. The number of rotatable bonds is 7. The minimum Gasteiger partial charge on any atom is -0.497 e. The minimum absolute atomic E-state index is 0.0386. The van der Waals surface area contributed by atoms with Gasteiger partial charge in [0.2, 0.25) is 5.91 Å². The van der Waals surface area contributed by atoms with Gasteiger partial charge >= 0.3 is 0 Å². The van der Waals surface area contributed by atoms with E-state index in [1.54, 1.807) is 7.11 Å². The molecule has 172 valence electrons. The number of aromatic nitrogens is 2. The standard InChI is InChI=1S/C23H23F2N5O2S/c1-32-18-4-2-3-17(12-18)29-7-9-30(10-8-29)21-13-23(27-15-26-21)33-14-22(31)28-20-6-5-16(24)11-19(20)25/h2-6,11-13,15H,7-10,14H2,1H3,(H,28,31). The second kappa shape index (κ2) is 10.5. The number of carbonyl (C=O) groups excluding carboxylic acids is 1. The third-order valence-corrected chi connectivity index (χ3v) is 6.13. The van der Waals surface area contributed by atoms with E-state index in [0.717, 1.165) is 55.6 Å². The van der Waals surface area contributed by atoms with Gasteiger partial charge in [-0.1, -0.05) is 17.8 Å². The zero-order valence-electron chi connectivity index (χ0n) is 18.0. The molecule has 0 spiro atoms. The molecule has 0 bridgehead atoms. The van der Waals surface area contributed by atoms with Gasteiger partial charge in [-0.15, -0.1) is 0 Å². The van der Waals surface area contributed by atoms with Crippen LogP contribution in [0.5, 0.6) is 5.75 Å². The Morgan fingerprint density at radius 1 is 1.06 bits per heavy atom. The van der Waals surface area contributed by atoms with E-state index in [4.69, 9.17) is 4.74 Å². The van der Waals surface area contributed by atoms with E-state index in [2.05, 4.69) is 31.2 Å². The van der Waals surface area contributed by atoms with Gasteiger partial charge in [-0.05, 0) is 24.3 Å². The van der Waals surface area contributed by atoms with Crippen LogP contribution in [-0.4, -0.2) is 54.9 Å². The van der Waals surface area contributed by atoms with Gasteiger partial charge in [0.15, 0.2) is 0 Å². The highest BCUT2D eigenvalue weighted by molar-refractivity contribution is 7.99. The third kappa shape index (κ3) is 5.89. The number of nitrogens with zero attached hydrogens (tertiary/aromatic N) is 4. The van der Waals surface area contributed by atoms with Crippen molar-refractivity contribution in [3.8, 4) is 5.75 Å². The van der Waals surface area contributed by atoms with Crippen molar-refractivity contribution >= 4 is 34.9 Å². The normalized spacial score (nSPS) is 13.7. The molecule has 0 atom stereocenters. The first-order valence-electron chi connectivity index (χ1n) is 10.4. The average Bonchev–Trinajstić information content (AvgIpc) is 2.85. The van der Waals surface area contributed by atoms with Crippen molar-refractivity contribution in [2.75, 3.05) is 54.2 Å². The molecule has 1 fully saturated rings. The van der Waals surface area contributed by atoms with Crippen LogP contribution in [0.15, 0.2) is 59.9 Å². The van der Waals surface area contributed by atoms with Gasteiger partial charge in [0, 0.05) is 50.1 Å². The molecule has 2 aromatic carbocycles. The number of carbonyl (C=O) groups is 1. The zero-order valence-corrected chi connectivity index (χ0v) is 18.8. The van der Waals surface area contributed by atoms with Crippen LogP contribution in [0.4, 0.5) is 26.0 Å². The number of ether oxygens (including phenoxy) is 1. The molecule has 1 aliphatic heterocycles. The Kier molecular flexibility index (Phi) is 7.23. The summed E-state index contributed by atoms with van der Waals surface area (Å²) >= 11 is 1.23. The number of methoxy groups -OCH3 is 1. The lowest BCUT2D eigenvalue weighted by Gasteiger charge is -2.36. The van der Waals surface area contributed by atoms with Crippen molar-refractivity contribution in [1.29, 1.82) is 0 Å². The molecule has 1 N–H and O–H groups in total. The number of amides is 1. The van der Waals surface area contributed by atoms with E-state index < -0.39 is 17.5 Å². The molecule has 0 unspecified atom stereocenters. The van der Waals surface area contributed by atoms with Gasteiger partial charge in [0.1, 0.15) is 34.6 Å². The molecule has 0 saturated carbocycles. The molecule has 0 radical (unpaired) electrons. The van der Waals surface area contributed by atoms with Crippen molar-refractivity contribution in [2.24, 2.45) is 0 Å². The number of thioether (sulfide) groups is 1. The molecule has 0 aliphatic carbocycles. The first-order valence-corrected chi connectivity index (χ1v) is 11.3. The Morgan fingerprint density at radius 3 is 2.61 bits per heavy atom. The van der Waals surface area contributed by atoms with Crippen molar-refractivity contribution < 1.29 is 18.3 Å². The largest absolute Gasteiger partial charge is 0.497 e. The highest BCUT2D eigenvalue weighted by Crippen LogP contribution is 2.25. The lowest BCUT2D eigenvalue weighted by atomic mass is 10.2. The predicted molar refractivity (Wildman–Crippen MR) is 125 cm³/mol. The van der Waals surface area contributed by atoms with Crippen LogP contribution in [-0.2, 0) is 4.79 Å². The number of benzene rings is 2. The van der Waals surface area contributed by atoms with Crippen molar-refractivity contribution in [2.45, 2.75) is 5.03 Å². The molecule has 1 amide bonds. The molecule has 7 nitrogen and oxygen atoms in total. The Morgan fingerprint density at radius 2 is 1.85 bits per heavy atom. The molecule has 2 heterocycles. The first-order chi connectivity index (χ1) is 16.0.